The highest BCUT2D eigenvalue weighted by Gasteiger charge is 2.42. The van der Waals surface area contributed by atoms with Gasteiger partial charge >= 0.3 is 0 Å². The van der Waals surface area contributed by atoms with E-state index in [-0.39, 0.29) is 23.6 Å². The van der Waals surface area contributed by atoms with Crippen molar-refractivity contribution < 1.29 is 14.7 Å². The molecule has 2 amide bonds. The molecule has 2 aliphatic rings. The fourth-order valence-electron chi connectivity index (χ4n) is 2.64. The molecule has 1 heterocycles. The maximum atomic E-state index is 12.9. The van der Waals surface area contributed by atoms with E-state index < -0.39 is 10.8 Å². The highest BCUT2D eigenvalue weighted by atomic mass is 32.2. The molecule has 6 heteroatoms. The summed E-state index contributed by atoms with van der Waals surface area (Å²) in [5.41, 5.74) is 0.984. The fraction of sp³-hybridized carbons (Fsp3) is 0.529. The lowest BCUT2D eigenvalue weighted by Crippen LogP contribution is -2.58. The minimum atomic E-state index is -0.474. The SMILES string of the molecule is CC1(C)SC[C@H](C(=O)N(Cc2ccc(O)cc2)C2CC2)NC1=O. The Labute approximate surface area is 140 Å². The molecule has 1 aliphatic carbocycles. The number of phenols is 1. The Morgan fingerprint density at radius 3 is 2.57 bits per heavy atom. The molecule has 1 aliphatic heterocycles. The van der Waals surface area contributed by atoms with E-state index in [4.69, 9.17) is 0 Å². The predicted molar refractivity (Wildman–Crippen MR) is 90.1 cm³/mol. The second kappa shape index (κ2) is 6.07. The maximum Gasteiger partial charge on any atom is 0.246 e. The quantitative estimate of drug-likeness (QED) is 0.882. The van der Waals surface area contributed by atoms with Crippen LogP contribution in [0.1, 0.15) is 32.3 Å². The van der Waals surface area contributed by atoms with Gasteiger partial charge in [-0.2, -0.15) is 0 Å². The van der Waals surface area contributed by atoms with Gasteiger partial charge in [-0.15, -0.1) is 11.8 Å². The molecule has 124 valence electrons. The Morgan fingerprint density at radius 2 is 2.00 bits per heavy atom. The number of rotatable bonds is 4. The lowest BCUT2D eigenvalue weighted by molar-refractivity contribution is -0.137. The van der Waals surface area contributed by atoms with E-state index in [0.717, 1.165) is 18.4 Å². The van der Waals surface area contributed by atoms with Crippen LogP contribution in [0.2, 0.25) is 0 Å². The molecule has 0 spiro atoms. The molecule has 2 N–H and O–H groups in total. The van der Waals surface area contributed by atoms with Gasteiger partial charge in [-0.25, -0.2) is 0 Å². The molecule has 1 aromatic rings. The normalized spacial score (nSPS) is 23.2. The highest BCUT2D eigenvalue weighted by Crippen LogP contribution is 2.33. The third-order valence-electron chi connectivity index (χ3n) is 4.32. The van der Waals surface area contributed by atoms with E-state index in [2.05, 4.69) is 5.32 Å². The summed E-state index contributed by atoms with van der Waals surface area (Å²) in [5, 5.41) is 12.2. The molecule has 0 radical (unpaired) electrons. The first-order valence-electron chi connectivity index (χ1n) is 7.90. The maximum absolute atomic E-state index is 12.9. The van der Waals surface area contributed by atoms with Gasteiger partial charge < -0.3 is 15.3 Å². The van der Waals surface area contributed by atoms with Crippen molar-refractivity contribution >= 4 is 23.6 Å². The van der Waals surface area contributed by atoms with Crippen molar-refractivity contribution in [1.29, 1.82) is 0 Å². The number of nitrogens with one attached hydrogen (secondary N) is 1. The van der Waals surface area contributed by atoms with E-state index in [1.165, 1.54) is 11.8 Å². The first-order valence-corrected chi connectivity index (χ1v) is 8.89. The van der Waals surface area contributed by atoms with Crippen molar-refractivity contribution in [3.63, 3.8) is 0 Å². The number of phenolic OH excluding ortho intramolecular Hbond substituents is 1. The summed E-state index contributed by atoms with van der Waals surface area (Å²) < 4.78 is -0.474. The van der Waals surface area contributed by atoms with Crippen LogP contribution in [0.3, 0.4) is 0 Å². The van der Waals surface area contributed by atoms with Gasteiger partial charge in [0.25, 0.3) is 0 Å². The van der Waals surface area contributed by atoms with E-state index >= 15 is 0 Å². The number of hydrogen-bond donors (Lipinski definition) is 2. The van der Waals surface area contributed by atoms with Crippen molar-refractivity contribution in [2.24, 2.45) is 0 Å². The zero-order valence-corrected chi connectivity index (χ0v) is 14.2. The molecule has 1 aromatic carbocycles. The zero-order chi connectivity index (χ0) is 16.6. The van der Waals surface area contributed by atoms with Crippen LogP contribution in [0.5, 0.6) is 5.75 Å². The van der Waals surface area contributed by atoms with Crippen LogP contribution in [-0.4, -0.2) is 44.4 Å². The van der Waals surface area contributed by atoms with E-state index in [9.17, 15) is 14.7 Å². The van der Waals surface area contributed by atoms with Gasteiger partial charge in [0, 0.05) is 18.3 Å². The van der Waals surface area contributed by atoms with Gasteiger partial charge in [0.05, 0.1) is 4.75 Å². The van der Waals surface area contributed by atoms with Gasteiger partial charge in [-0.05, 0) is 44.4 Å². The number of nitrogens with zero attached hydrogens (tertiary/aromatic N) is 1. The van der Waals surface area contributed by atoms with Crippen molar-refractivity contribution in [1.82, 2.24) is 10.2 Å². The number of benzene rings is 1. The number of thioether (sulfide) groups is 1. The average Bonchev–Trinajstić information content (AvgIpc) is 3.33. The lowest BCUT2D eigenvalue weighted by atomic mass is 10.1. The van der Waals surface area contributed by atoms with Crippen LogP contribution in [0.4, 0.5) is 0 Å². The molecule has 1 saturated heterocycles. The molecular weight excluding hydrogens is 312 g/mol. The minimum Gasteiger partial charge on any atom is -0.508 e. The second-order valence-corrected chi connectivity index (χ2v) is 8.35. The third-order valence-corrected chi connectivity index (χ3v) is 5.73. The summed E-state index contributed by atoms with van der Waals surface area (Å²) in [6, 6.07) is 6.74. The fourth-order valence-corrected chi connectivity index (χ4v) is 3.63. The molecule has 0 bridgehead atoms. The Hall–Kier alpha value is -1.69. The van der Waals surface area contributed by atoms with Gasteiger partial charge in [0.2, 0.25) is 11.8 Å². The lowest BCUT2D eigenvalue weighted by Gasteiger charge is -2.35. The summed E-state index contributed by atoms with van der Waals surface area (Å²) in [5.74, 6) is 0.747. The number of carbonyl (C=O) groups excluding carboxylic acids is 2. The number of hydrogen-bond acceptors (Lipinski definition) is 4. The van der Waals surface area contributed by atoms with E-state index in [1.54, 1.807) is 12.1 Å². The van der Waals surface area contributed by atoms with Gasteiger partial charge in [0.1, 0.15) is 11.8 Å². The Bertz CT molecular complexity index is 611. The molecule has 5 nitrogen and oxygen atoms in total. The van der Waals surface area contributed by atoms with E-state index in [1.807, 2.05) is 30.9 Å². The predicted octanol–water partition coefficient (Wildman–Crippen LogP) is 1.89. The Balaban J connectivity index is 1.70. The number of amides is 2. The molecule has 23 heavy (non-hydrogen) atoms. The van der Waals surface area contributed by atoms with Crippen LogP contribution in [-0.2, 0) is 16.1 Å². The molecule has 0 aromatic heterocycles. The largest absolute Gasteiger partial charge is 0.508 e. The molecule has 1 saturated carbocycles. The van der Waals surface area contributed by atoms with Crippen LogP contribution in [0, 0.1) is 0 Å². The van der Waals surface area contributed by atoms with Crippen LogP contribution < -0.4 is 5.32 Å². The van der Waals surface area contributed by atoms with Gasteiger partial charge in [-0.3, -0.25) is 9.59 Å². The number of aromatic hydroxyl groups is 1. The summed E-state index contributed by atoms with van der Waals surface area (Å²) in [6.45, 7) is 4.27. The standard InChI is InChI=1S/C17H22N2O3S/c1-17(2)16(22)18-14(10-23-17)15(21)19(12-5-6-12)9-11-3-7-13(20)8-4-11/h3-4,7-8,12,14,20H,5-6,9-10H2,1-2H3,(H,18,22)/t14-/m1/s1. The molecular formula is C17H22N2O3S. The van der Waals surface area contributed by atoms with Gasteiger partial charge in [-0.1, -0.05) is 12.1 Å². The van der Waals surface area contributed by atoms with Crippen molar-refractivity contribution in [3.05, 3.63) is 29.8 Å². The zero-order valence-electron chi connectivity index (χ0n) is 13.4. The first kappa shape index (κ1) is 16.2. The summed E-state index contributed by atoms with van der Waals surface area (Å²) >= 11 is 1.53. The Kier molecular flexibility index (Phi) is 4.27. The minimum absolute atomic E-state index is 0.00285. The summed E-state index contributed by atoms with van der Waals surface area (Å²) in [7, 11) is 0. The topological polar surface area (TPSA) is 69.6 Å². The monoisotopic (exact) mass is 334 g/mol. The first-order chi connectivity index (χ1) is 10.9. The third kappa shape index (κ3) is 3.63. The van der Waals surface area contributed by atoms with Crippen molar-refractivity contribution in [3.8, 4) is 5.75 Å². The summed E-state index contributed by atoms with van der Waals surface area (Å²) in [4.78, 5) is 26.8. The second-order valence-electron chi connectivity index (χ2n) is 6.71. The summed E-state index contributed by atoms with van der Waals surface area (Å²) in [6.07, 6.45) is 2.03. The van der Waals surface area contributed by atoms with Crippen LogP contribution in [0.15, 0.2) is 24.3 Å². The molecule has 3 rings (SSSR count). The smallest absolute Gasteiger partial charge is 0.246 e. The van der Waals surface area contributed by atoms with Crippen molar-refractivity contribution in [2.75, 3.05) is 5.75 Å². The molecule has 2 fully saturated rings. The van der Waals surface area contributed by atoms with Crippen LogP contribution in [0.25, 0.3) is 0 Å². The van der Waals surface area contributed by atoms with E-state index in [0.29, 0.717) is 12.3 Å². The number of carbonyl (C=O) groups is 2. The average molecular weight is 334 g/mol. The van der Waals surface area contributed by atoms with Gasteiger partial charge in [0.15, 0.2) is 0 Å². The molecule has 0 unspecified atom stereocenters. The van der Waals surface area contributed by atoms with Crippen molar-refractivity contribution in [2.45, 2.75) is 50.1 Å². The Morgan fingerprint density at radius 1 is 1.35 bits per heavy atom. The highest BCUT2D eigenvalue weighted by molar-refractivity contribution is 8.01. The van der Waals surface area contributed by atoms with Crippen LogP contribution >= 0.6 is 11.8 Å². The molecule has 1 atom stereocenters.